The van der Waals surface area contributed by atoms with Gasteiger partial charge in [0.2, 0.25) is 0 Å². The Morgan fingerprint density at radius 2 is 1.83 bits per heavy atom. The summed E-state index contributed by atoms with van der Waals surface area (Å²) >= 11 is 0. The van der Waals surface area contributed by atoms with E-state index in [4.69, 9.17) is 9.84 Å². The molecule has 4 atom stereocenters. The van der Waals surface area contributed by atoms with Crippen LogP contribution in [0.2, 0.25) is 0 Å². The topological polar surface area (TPSA) is 56.2 Å². The molecule has 1 radical (unpaired) electrons. The number of carbonyl (C=O) groups excluding carboxylic acids is 1. The van der Waals surface area contributed by atoms with E-state index in [2.05, 4.69) is 11.5 Å². The summed E-state index contributed by atoms with van der Waals surface area (Å²) in [6.07, 6.45) is 6.79. The standard InChI is InChI=1S/C20H25N3O2.CH3F.H3P.Y/c1-21-20(24)13-3-6-15(7-4-13)23-11-14-5-8-16-17(18(16)12-25-2)9-10-19(14)22-23;1-2;;/h3-4,6-7,11,16-18H,5,8-10,12H2,1-2H3,(H,21,24);1H3;1H3;. The van der Waals surface area contributed by atoms with E-state index < -0.39 is 0 Å². The molecule has 0 bridgehead atoms. The van der Waals surface area contributed by atoms with Crippen LogP contribution in [0.5, 0.6) is 0 Å². The van der Waals surface area contributed by atoms with Crippen molar-refractivity contribution in [1.82, 2.24) is 15.1 Å². The van der Waals surface area contributed by atoms with Crippen molar-refractivity contribution in [3.05, 3.63) is 47.3 Å². The van der Waals surface area contributed by atoms with Gasteiger partial charge in [0.05, 0.1) is 18.6 Å². The zero-order chi connectivity index (χ0) is 19.4. The van der Waals surface area contributed by atoms with Crippen molar-refractivity contribution in [3.8, 4) is 5.69 Å². The van der Waals surface area contributed by atoms with Gasteiger partial charge in [-0.25, -0.2) is 4.68 Å². The second-order valence-electron chi connectivity index (χ2n) is 7.20. The number of halogens is 1. The number of hydrogen-bond donors (Lipinski definition) is 1. The van der Waals surface area contributed by atoms with E-state index in [1.165, 1.54) is 24.1 Å². The SMILES string of the molecule is CF.CNC(=O)c1ccc(-n2cc3c(n2)CCC2C(CC3)C2COC)cc1.P.[Y]. The van der Waals surface area contributed by atoms with Crippen LogP contribution in [-0.4, -0.2) is 43.6 Å². The third-order valence-corrected chi connectivity index (χ3v) is 5.83. The number of alkyl halides is 1. The summed E-state index contributed by atoms with van der Waals surface area (Å²) in [6, 6.07) is 7.60. The second kappa shape index (κ2) is 12.2. The number of aryl methyl sites for hydroxylation is 2. The van der Waals surface area contributed by atoms with Gasteiger partial charge in [-0.2, -0.15) is 15.0 Å². The fraction of sp³-hybridized carbons (Fsp3) is 0.524. The number of methoxy groups -OCH3 is 1. The molecule has 0 spiro atoms. The maximum absolute atomic E-state index is 11.7. The number of benzene rings is 1. The summed E-state index contributed by atoms with van der Waals surface area (Å²) in [5.74, 6) is 2.36. The molecule has 2 aliphatic rings. The number of ether oxygens (including phenoxy) is 1. The zero-order valence-corrected chi connectivity index (χ0v) is 21.8. The van der Waals surface area contributed by atoms with Gasteiger partial charge in [-0.1, -0.05) is 0 Å². The molecular weight excluding hydrogens is 465 g/mol. The molecule has 5 nitrogen and oxygen atoms in total. The Bertz CT molecular complexity index is 753. The van der Waals surface area contributed by atoms with Crippen LogP contribution in [0.25, 0.3) is 5.69 Å². The van der Waals surface area contributed by atoms with Crippen molar-refractivity contribution in [3.63, 3.8) is 0 Å². The molecule has 4 unspecified atom stereocenters. The quantitative estimate of drug-likeness (QED) is 0.662. The van der Waals surface area contributed by atoms with E-state index in [0.29, 0.717) is 12.7 Å². The van der Waals surface area contributed by atoms with Crippen LogP contribution >= 0.6 is 9.90 Å². The maximum atomic E-state index is 11.7. The van der Waals surface area contributed by atoms with Crippen LogP contribution in [0.3, 0.4) is 0 Å². The van der Waals surface area contributed by atoms with E-state index in [1.807, 2.05) is 28.9 Å². The molecule has 1 amide bonds. The van der Waals surface area contributed by atoms with Gasteiger partial charge < -0.3 is 10.1 Å². The van der Waals surface area contributed by atoms with Crippen molar-refractivity contribution < 1.29 is 46.6 Å². The monoisotopic (exact) mass is 496 g/mol. The normalized spacial score (nSPS) is 21.4. The molecule has 0 saturated heterocycles. The van der Waals surface area contributed by atoms with Crippen molar-refractivity contribution in [1.29, 1.82) is 0 Å². The summed E-state index contributed by atoms with van der Waals surface area (Å²) in [5, 5.41) is 7.47. The summed E-state index contributed by atoms with van der Waals surface area (Å²) in [6.45, 7) is 0.907. The summed E-state index contributed by atoms with van der Waals surface area (Å²) in [7, 11) is 3.95. The fourth-order valence-corrected chi connectivity index (χ4v) is 4.35. The fourth-order valence-electron chi connectivity index (χ4n) is 4.35. The number of fused-ring (bicyclic) bond motifs is 2. The van der Waals surface area contributed by atoms with Crippen molar-refractivity contribution in [2.45, 2.75) is 25.7 Å². The van der Waals surface area contributed by atoms with Gasteiger partial charge in [-0.15, -0.1) is 0 Å². The van der Waals surface area contributed by atoms with Crippen molar-refractivity contribution in [2.75, 3.05) is 27.9 Å². The van der Waals surface area contributed by atoms with Gasteiger partial charge in [-0.3, -0.25) is 9.18 Å². The average Bonchev–Trinajstić information content (AvgIpc) is 3.18. The smallest absolute Gasteiger partial charge is 0.251 e. The van der Waals surface area contributed by atoms with E-state index in [0.717, 1.165) is 42.9 Å². The number of aromatic nitrogens is 2. The third kappa shape index (κ3) is 5.94. The van der Waals surface area contributed by atoms with Gasteiger partial charge in [-0.05, 0) is 73.3 Å². The van der Waals surface area contributed by atoms with Crippen LogP contribution in [0.4, 0.5) is 4.39 Å². The minimum atomic E-state index is -0.0656. The molecule has 1 aromatic heterocycles. The zero-order valence-electron chi connectivity index (χ0n) is 17.5. The minimum Gasteiger partial charge on any atom is -0.384 e. The van der Waals surface area contributed by atoms with Crippen LogP contribution in [0.1, 0.15) is 34.5 Å². The number of hydrogen-bond acceptors (Lipinski definition) is 3. The van der Waals surface area contributed by atoms with Gasteiger partial charge >= 0.3 is 0 Å². The summed E-state index contributed by atoms with van der Waals surface area (Å²) in [4.78, 5) is 11.7. The average molecular weight is 496 g/mol. The van der Waals surface area contributed by atoms with Crippen molar-refractivity contribution >= 4 is 15.8 Å². The summed E-state index contributed by atoms with van der Waals surface area (Å²) in [5.41, 5.74) is 4.27. The Balaban J connectivity index is 0.00000102. The predicted octanol–water partition coefficient (Wildman–Crippen LogP) is 3.26. The van der Waals surface area contributed by atoms with Gasteiger partial charge in [0.15, 0.2) is 0 Å². The number of nitrogens with one attached hydrogen (secondary N) is 1. The number of carbonyl (C=O) groups is 1. The predicted molar refractivity (Wildman–Crippen MR) is 114 cm³/mol. The third-order valence-electron chi connectivity index (χ3n) is 5.83. The van der Waals surface area contributed by atoms with E-state index >= 15 is 0 Å². The molecule has 1 N–H and O–H groups in total. The molecule has 157 valence electrons. The Kier molecular flexibility index (Phi) is 11.1. The molecule has 1 heterocycles. The molecule has 4 rings (SSSR count). The second-order valence-corrected chi connectivity index (χ2v) is 7.20. The first-order valence-corrected chi connectivity index (χ1v) is 9.48. The Labute approximate surface area is 201 Å². The van der Waals surface area contributed by atoms with Crippen LogP contribution in [-0.2, 0) is 50.3 Å². The number of nitrogens with zero attached hydrogens (tertiary/aromatic N) is 2. The van der Waals surface area contributed by atoms with Crippen LogP contribution in [0.15, 0.2) is 30.5 Å². The van der Waals surface area contributed by atoms with E-state index in [-0.39, 0.29) is 48.5 Å². The maximum Gasteiger partial charge on any atom is 0.251 e. The number of rotatable bonds is 4. The molecule has 8 heteroatoms. The molecule has 1 aromatic carbocycles. The molecule has 2 aliphatic carbocycles. The van der Waals surface area contributed by atoms with Gasteiger partial charge in [0, 0.05) is 65.2 Å². The summed E-state index contributed by atoms with van der Waals surface area (Å²) < 4.78 is 16.8. The molecule has 2 aromatic rings. The molecule has 1 saturated carbocycles. The molecule has 1 fully saturated rings. The molecule has 0 aliphatic heterocycles. The first-order valence-electron chi connectivity index (χ1n) is 9.48. The first kappa shape index (κ1) is 26.4. The number of amides is 1. The van der Waals surface area contributed by atoms with Crippen LogP contribution in [0, 0.1) is 17.8 Å². The Morgan fingerprint density at radius 1 is 1.21 bits per heavy atom. The Morgan fingerprint density at radius 3 is 2.41 bits per heavy atom. The van der Waals surface area contributed by atoms with Crippen LogP contribution < -0.4 is 5.32 Å². The van der Waals surface area contributed by atoms with E-state index in [9.17, 15) is 9.18 Å². The minimum absolute atomic E-state index is 0. The molecule has 29 heavy (non-hydrogen) atoms. The van der Waals surface area contributed by atoms with Crippen molar-refractivity contribution in [2.24, 2.45) is 17.8 Å². The Hall–Kier alpha value is -0.676. The van der Waals surface area contributed by atoms with E-state index in [1.54, 1.807) is 14.2 Å². The largest absolute Gasteiger partial charge is 0.384 e. The molecular formula is C21H31FN3O2PY. The van der Waals surface area contributed by atoms with Gasteiger partial charge in [0.25, 0.3) is 5.91 Å². The first-order chi connectivity index (χ1) is 13.2. The van der Waals surface area contributed by atoms with Gasteiger partial charge in [0.1, 0.15) is 0 Å².